The number of nitrogens with zero attached hydrogens (tertiary/aromatic N) is 2. The molecule has 0 fully saturated rings. The molecule has 0 bridgehead atoms. The standard InChI is InChI=1S/C23H20ClN5O/c1-15-21(28-23(29-22(15)30)27-18-10-8-17(24)9-11-18)16-5-4-7-19(13-16)26-14-20-6-2-3-12-25-20/h2-13,26H,14H2,1H3,(H2,27,28,29,30). The summed E-state index contributed by atoms with van der Waals surface area (Å²) in [4.78, 5) is 24.2. The van der Waals surface area contributed by atoms with Gasteiger partial charge in [-0.25, -0.2) is 4.98 Å². The first-order valence-electron chi connectivity index (χ1n) is 9.46. The molecular weight excluding hydrogens is 398 g/mol. The zero-order valence-corrected chi connectivity index (χ0v) is 17.1. The molecule has 2 heterocycles. The number of benzene rings is 2. The molecule has 6 nitrogen and oxygen atoms in total. The van der Waals surface area contributed by atoms with Crippen molar-refractivity contribution in [2.24, 2.45) is 0 Å². The molecule has 4 aromatic rings. The Morgan fingerprint density at radius 1 is 1.00 bits per heavy atom. The van der Waals surface area contributed by atoms with E-state index in [1.165, 1.54) is 0 Å². The van der Waals surface area contributed by atoms with Crippen molar-refractivity contribution < 1.29 is 0 Å². The maximum atomic E-state index is 12.5. The fraction of sp³-hybridized carbons (Fsp3) is 0.0870. The number of aromatic nitrogens is 3. The highest BCUT2D eigenvalue weighted by molar-refractivity contribution is 6.30. The van der Waals surface area contributed by atoms with Gasteiger partial charge in [0.05, 0.1) is 17.9 Å². The van der Waals surface area contributed by atoms with Gasteiger partial charge in [0.25, 0.3) is 5.56 Å². The number of H-pyrrole nitrogens is 1. The monoisotopic (exact) mass is 417 g/mol. The molecule has 0 radical (unpaired) electrons. The molecule has 0 atom stereocenters. The van der Waals surface area contributed by atoms with Gasteiger partial charge in [0.1, 0.15) is 0 Å². The van der Waals surface area contributed by atoms with Gasteiger partial charge in [-0.15, -0.1) is 0 Å². The molecule has 0 aliphatic carbocycles. The molecule has 0 saturated carbocycles. The van der Waals surface area contributed by atoms with Crippen LogP contribution in [0.1, 0.15) is 11.3 Å². The molecular formula is C23H20ClN5O. The third-order valence-electron chi connectivity index (χ3n) is 4.59. The van der Waals surface area contributed by atoms with E-state index in [-0.39, 0.29) is 5.56 Å². The average molecular weight is 418 g/mol. The number of aromatic amines is 1. The number of hydrogen-bond donors (Lipinski definition) is 3. The van der Waals surface area contributed by atoms with Crippen LogP contribution in [0.15, 0.2) is 77.7 Å². The Kier molecular flexibility index (Phi) is 5.77. The van der Waals surface area contributed by atoms with Crippen molar-refractivity contribution in [3.63, 3.8) is 0 Å². The van der Waals surface area contributed by atoms with Crippen molar-refractivity contribution in [1.29, 1.82) is 0 Å². The van der Waals surface area contributed by atoms with E-state index in [2.05, 4.69) is 25.6 Å². The number of pyridine rings is 1. The van der Waals surface area contributed by atoms with Gasteiger partial charge in [-0.1, -0.05) is 29.8 Å². The van der Waals surface area contributed by atoms with Crippen LogP contribution in [0.4, 0.5) is 17.3 Å². The smallest absolute Gasteiger partial charge is 0.255 e. The predicted molar refractivity (Wildman–Crippen MR) is 121 cm³/mol. The summed E-state index contributed by atoms with van der Waals surface area (Å²) in [6.07, 6.45) is 1.77. The van der Waals surface area contributed by atoms with E-state index in [0.29, 0.717) is 28.8 Å². The highest BCUT2D eigenvalue weighted by Gasteiger charge is 2.11. The first kappa shape index (κ1) is 19.7. The lowest BCUT2D eigenvalue weighted by Gasteiger charge is -2.12. The second-order valence-corrected chi connectivity index (χ2v) is 7.21. The third kappa shape index (κ3) is 4.67. The second-order valence-electron chi connectivity index (χ2n) is 6.78. The second kappa shape index (κ2) is 8.80. The molecule has 0 aliphatic rings. The quantitative estimate of drug-likeness (QED) is 0.404. The van der Waals surface area contributed by atoms with Crippen LogP contribution in [0, 0.1) is 6.92 Å². The van der Waals surface area contributed by atoms with Crippen LogP contribution in [0.5, 0.6) is 0 Å². The Balaban J connectivity index is 1.60. The number of anilines is 3. The van der Waals surface area contributed by atoms with Crippen LogP contribution < -0.4 is 16.2 Å². The predicted octanol–water partition coefficient (Wildman–Crippen LogP) is 5.15. The van der Waals surface area contributed by atoms with Crippen LogP contribution in [0.3, 0.4) is 0 Å². The Labute approximate surface area is 179 Å². The Morgan fingerprint density at radius 2 is 1.83 bits per heavy atom. The van der Waals surface area contributed by atoms with Crippen molar-refractivity contribution >= 4 is 28.9 Å². The first-order valence-corrected chi connectivity index (χ1v) is 9.84. The topological polar surface area (TPSA) is 82.7 Å². The van der Waals surface area contributed by atoms with Crippen molar-refractivity contribution in [2.45, 2.75) is 13.5 Å². The molecule has 150 valence electrons. The summed E-state index contributed by atoms with van der Waals surface area (Å²) >= 11 is 5.93. The van der Waals surface area contributed by atoms with Crippen LogP contribution in [0.25, 0.3) is 11.3 Å². The van der Waals surface area contributed by atoms with Crippen molar-refractivity contribution in [3.8, 4) is 11.3 Å². The lowest BCUT2D eigenvalue weighted by atomic mass is 10.1. The zero-order chi connectivity index (χ0) is 20.9. The summed E-state index contributed by atoms with van der Waals surface area (Å²) in [5.41, 5.74) is 4.49. The molecule has 0 spiro atoms. The Hall–Kier alpha value is -3.64. The van der Waals surface area contributed by atoms with Gasteiger partial charge < -0.3 is 10.6 Å². The van der Waals surface area contributed by atoms with Crippen LogP contribution in [-0.2, 0) is 6.54 Å². The van der Waals surface area contributed by atoms with E-state index < -0.39 is 0 Å². The molecule has 4 rings (SSSR count). The molecule has 2 aromatic carbocycles. The average Bonchev–Trinajstić information content (AvgIpc) is 2.77. The lowest BCUT2D eigenvalue weighted by Crippen LogP contribution is -2.15. The van der Waals surface area contributed by atoms with Gasteiger partial charge >= 0.3 is 0 Å². The summed E-state index contributed by atoms with van der Waals surface area (Å²) in [5.74, 6) is 0.370. The first-order chi connectivity index (χ1) is 14.6. The molecule has 2 aromatic heterocycles. The Morgan fingerprint density at radius 3 is 2.60 bits per heavy atom. The van der Waals surface area contributed by atoms with E-state index in [1.807, 2.05) is 54.6 Å². The minimum absolute atomic E-state index is 0.191. The van der Waals surface area contributed by atoms with Crippen molar-refractivity contribution in [1.82, 2.24) is 15.0 Å². The molecule has 30 heavy (non-hydrogen) atoms. The van der Waals surface area contributed by atoms with Crippen molar-refractivity contribution in [3.05, 3.63) is 99.6 Å². The van der Waals surface area contributed by atoms with E-state index >= 15 is 0 Å². The Bertz CT molecular complexity index is 1210. The summed E-state index contributed by atoms with van der Waals surface area (Å²) in [5, 5.41) is 7.12. The van der Waals surface area contributed by atoms with Gasteiger partial charge in [0.15, 0.2) is 0 Å². The summed E-state index contributed by atoms with van der Waals surface area (Å²) in [6.45, 7) is 2.37. The maximum Gasteiger partial charge on any atom is 0.255 e. The highest BCUT2D eigenvalue weighted by Crippen LogP contribution is 2.24. The fourth-order valence-electron chi connectivity index (χ4n) is 3.01. The van der Waals surface area contributed by atoms with Gasteiger partial charge in [-0.05, 0) is 55.5 Å². The minimum Gasteiger partial charge on any atom is -0.379 e. The highest BCUT2D eigenvalue weighted by atomic mass is 35.5. The third-order valence-corrected chi connectivity index (χ3v) is 4.85. The minimum atomic E-state index is -0.191. The number of rotatable bonds is 6. The van der Waals surface area contributed by atoms with Crippen molar-refractivity contribution in [2.75, 3.05) is 10.6 Å². The van der Waals surface area contributed by atoms with Gasteiger partial charge in [0.2, 0.25) is 5.95 Å². The number of hydrogen-bond acceptors (Lipinski definition) is 5. The van der Waals surface area contributed by atoms with Gasteiger partial charge in [-0.2, -0.15) is 0 Å². The largest absolute Gasteiger partial charge is 0.379 e. The van der Waals surface area contributed by atoms with Crippen LogP contribution in [0.2, 0.25) is 5.02 Å². The van der Waals surface area contributed by atoms with Gasteiger partial charge in [0, 0.05) is 33.7 Å². The molecule has 0 aliphatic heterocycles. The molecule has 0 saturated heterocycles. The van der Waals surface area contributed by atoms with Gasteiger partial charge in [-0.3, -0.25) is 14.8 Å². The zero-order valence-electron chi connectivity index (χ0n) is 16.3. The number of nitrogens with one attached hydrogen (secondary N) is 3. The summed E-state index contributed by atoms with van der Waals surface area (Å²) in [7, 11) is 0. The summed E-state index contributed by atoms with van der Waals surface area (Å²) in [6, 6.07) is 20.8. The van der Waals surface area contributed by atoms with E-state index in [9.17, 15) is 4.79 Å². The van der Waals surface area contributed by atoms with E-state index in [1.54, 1.807) is 25.3 Å². The van der Waals surface area contributed by atoms with Crippen LogP contribution >= 0.6 is 11.6 Å². The molecule has 3 N–H and O–H groups in total. The maximum absolute atomic E-state index is 12.5. The fourth-order valence-corrected chi connectivity index (χ4v) is 3.14. The molecule has 7 heteroatoms. The normalized spacial score (nSPS) is 10.6. The molecule has 0 amide bonds. The van der Waals surface area contributed by atoms with E-state index in [4.69, 9.17) is 11.6 Å². The SMILES string of the molecule is Cc1c(-c2cccc(NCc3ccccn3)c2)nc(Nc2ccc(Cl)cc2)[nH]c1=O. The lowest BCUT2D eigenvalue weighted by molar-refractivity contribution is 1.05. The molecule has 0 unspecified atom stereocenters. The summed E-state index contributed by atoms with van der Waals surface area (Å²) < 4.78 is 0. The number of halogens is 1. The van der Waals surface area contributed by atoms with Crippen LogP contribution in [-0.4, -0.2) is 15.0 Å². The van der Waals surface area contributed by atoms with E-state index in [0.717, 1.165) is 22.6 Å².